The van der Waals surface area contributed by atoms with Crippen molar-refractivity contribution in [3.05, 3.63) is 76.4 Å². The number of benzene rings is 2. The lowest BCUT2D eigenvalue weighted by Gasteiger charge is -2.22. The predicted molar refractivity (Wildman–Crippen MR) is 93.9 cm³/mol. The van der Waals surface area contributed by atoms with Crippen LogP contribution in [-0.4, -0.2) is 16.0 Å². The van der Waals surface area contributed by atoms with Crippen LogP contribution in [0.15, 0.2) is 48.5 Å². The molecule has 0 atom stereocenters. The van der Waals surface area contributed by atoms with E-state index in [4.69, 9.17) is 11.6 Å². The second-order valence-corrected chi connectivity index (χ2v) is 7.14. The lowest BCUT2D eigenvalue weighted by Crippen LogP contribution is -2.23. The molecule has 0 unspecified atom stereocenters. The molecule has 4 heteroatoms. The maximum atomic E-state index is 13.0. The highest BCUT2D eigenvalue weighted by Crippen LogP contribution is 2.43. The standard InChI is InChI=1S/C20H16ClNO2/c1-20(2)10-16-13-7-5-8-14(18(21)23)17(13)19(24)22(16)11-12-6-3-4-9-15(12)20/h3-10H,11H2,1-2H3. The number of carbonyl (C=O) groups is 2. The molecule has 0 aliphatic carbocycles. The summed E-state index contributed by atoms with van der Waals surface area (Å²) in [7, 11) is 0. The van der Waals surface area contributed by atoms with Gasteiger partial charge in [-0.2, -0.15) is 0 Å². The summed E-state index contributed by atoms with van der Waals surface area (Å²) < 4.78 is 0. The molecule has 0 radical (unpaired) electrons. The molecule has 1 amide bonds. The van der Waals surface area contributed by atoms with E-state index in [1.54, 1.807) is 17.0 Å². The highest BCUT2D eigenvalue weighted by molar-refractivity contribution is 6.68. The van der Waals surface area contributed by atoms with Gasteiger partial charge in [0.15, 0.2) is 0 Å². The number of amides is 1. The first-order valence-corrected chi connectivity index (χ1v) is 8.24. The Balaban J connectivity index is 1.98. The molecular formula is C20H16ClNO2. The molecule has 0 bridgehead atoms. The molecule has 0 N–H and O–H groups in total. The van der Waals surface area contributed by atoms with Crippen LogP contribution in [0.3, 0.4) is 0 Å². The van der Waals surface area contributed by atoms with Crippen LogP contribution in [0.1, 0.15) is 51.3 Å². The molecule has 2 aromatic rings. The van der Waals surface area contributed by atoms with Gasteiger partial charge in [0.2, 0.25) is 0 Å². The predicted octanol–water partition coefficient (Wildman–Crippen LogP) is 4.35. The summed E-state index contributed by atoms with van der Waals surface area (Å²) in [6.07, 6.45) is 2.12. The zero-order valence-electron chi connectivity index (χ0n) is 13.5. The summed E-state index contributed by atoms with van der Waals surface area (Å²) >= 11 is 5.69. The molecule has 0 saturated heterocycles. The van der Waals surface area contributed by atoms with Gasteiger partial charge in [-0.15, -0.1) is 0 Å². The van der Waals surface area contributed by atoms with Crippen LogP contribution < -0.4 is 0 Å². The van der Waals surface area contributed by atoms with Gasteiger partial charge in [-0.05, 0) is 34.9 Å². The monoisotopic (exact) mass is 337 g/mol. The number of carbonyl (C=O) groups excluding carboxylic acids is 2. The Morgan fingerprint density at radius 3 is 2.62 bits per heavy atom. The second kappa shape index (κ2) is 5.05. The fraction of sp³-hybridized carbons (Fsp3) is 0.200. The topological polar surface area (TPSA) is 37.4 Å². The number of allylic oxidation sites excluding steroid dienone is 1. The fourth-order valence-electron chi connectivity index (χ4n) is 3.74. The first-order chi connectivity index (χ1) is 11.4. The number of hydrogen-bond donors (Lipinski definition) is 0. The van der Waals surface area contributed by atoms with Crippen LogP contribution in [-0.2, 0) is 12.0 Å². The molecule has 3 nitrogen and oxygen atoms in total. The van der Waals surface area contributed by atoms with E-state index in [1.807, 2.05) is 18.2 Å². The lowest BCUT2D eigenvalue weighted by molar-refractivity contribution is 0.0839. The molecule has 2 aliphatic rings. The zero-order chi connectivity index (χ0) is 17.1. The molecule has 2 aliphatic heterocycles. The van der Waals surface area contributed by atoms with E-state index < -0.39 is 5.24 Å². The number of rotatable bonds is 1. The molecule has 4 rings (SSSR count). The van der Waals surface area contributed by atoms with Crippen LogP contribution in [0.25, 0.3) is 5.70 Å². The van der Waals surface area contributed by atoms with Crippen molar-refractivity contribution >= 4 is 28.4 Å². The summed E-state index contributed by atoms with van der Waals surface area (Å²) in [5, 5.41) is -0.599. The van der Waals surface area contributed by atoms with Crippen molar-refractivity contribution < 1.29 is 9.59 Å². The van der Waals surface area contributed by atoms with Crippen LogP contribution in [0.2, 0.25) is 0 Å². The molecular weight excluding hydrogens is 322 g/mol. The van der Waals surface area contributed by atoms with E-state index in [0.717, 1.165) is 16.8 Å². The second-order valence-electron chi connectivity index (χ2n) is 6.80. The van der Waals surface area contributed by atoms with Crippen molar-refractivity contribution in [2.24, 2.45) is 0 Å². The van der Waals surface area contributed by atoms with E-state index in [2.05, 4.69) is 32.1 Å². The van der Waals surface area contributed by atoms with Crippen LogP contribution in [0.5, 0.6) is 0 Å². The third-order valence-corrected chi connectivity index (χ3v) is 5.04. The Hall–Kier alpha value is -2.39. The van der Waals surface area contributed by atoms with Crippen LogP contribution >= 0.6 is 11.6 Å². The smallest absolute Gasteiger partial charge is 0.260 e. The molecule has 2 aromatic carbocycles. The van der Waals surface area contributed by atoms with E-state index in [1.165, 1.54) is 5.56 Å². The van der Waals surface area contributed by atoms with Gasteiger partial charge in [0, 0.05) is 22.2 Å². The Kier molecular flexibility index (Phi) is 3.19. The van der Waals surface area contributed by atoms with Gasteiger partial charge in [-0.25, -0.2) is 0 Å². The van der Waals surface area contributed by atoms with Gasteiger partial charge in [0.05, 0.1) is 12.1 Å². The van der Waals surface area contributed by atoms with Crippen molar-refractivity contribution in [1.29, 1.82) is 0 Å². The van der Waals surface area contributed by atoms with Crippen LogP contribution in [0, 0.1) is 0 Å². The minimum Gasteiger partial charge on any atom is -0.304 e. The lowest BCUT2D eigenvalue weighted by atomic mass is 9.81. The van der Waals surface area contributed by atoms with Gasteiger partial charge in [-0.1, -0.05) is 50.2 Å². The molecule has 24 heavy (non-hydrogen) atoms. The summed E-state index contributed by atoms with van der Waals surface area (Å²) in [5.41, 5.74) is 4.45. The molecule has 120 valence electrons. The van der Waals surface area contributed by atoms with Gasteiger partial charge >= 0.3 is 0 Å². The van der Waals surface area contributed by atoms with Gasteiger partial charge in [0.1, 0.15) is 0 Å². The van der Waals surface area contributed by atoms with E-state index in [9.17, 15) is 9.59 Å². The molecule has 2 heterocycles. The molecule has 0 saturated carbocycles. The highest BCUT2D eigenvalue weighted by Gasteiger charge is 2.39. The Bertz CT molecular complexity index is 927. The average molecular weight is 338 g/mol. The number of fused-ring (bicyclic) bond motifs is 4. The molecule has 0 aromatic heterocycles. The quantitative estimate of drug-likeness (QED) is 0.725. The third-order valence-electron chi connectivity index (χ3n) is 4.84. The zero-order valence-corrected chi connectivity index (χ0v) is 14.2. The van der Waals surface area contributed by atoms with Crippen molar-refractivity contribution in [2.45, 2.75) is 25.8 Å². The van der Waals surface area contributed by atoms with Crippen molar-refractivity contribution in [1.82, 2.24) is 4.90 Å². The Labute approximate surface area is 145 Å². The van der Waals surface area contributed by atoms with E-state index in [0.29, 0.717) is 12.1 Å². The number of halogens is 1. The van der Waals surface area contributed by atoms with E-state index in [-0.39, 0.29) is 16.9 Å². The Morgan fingerprint density at radius 1 is 1.12 bits per heavy atom. The maximum Gasteiger partial charge on any atom is 0.260 e. The summed E-state index contributed by atoms with van der Waals surface area (Å²) in [5.74, 6) is -0.159. The van der Waals surface area contributed by atoms with Crippen LogP contribution in [0.4, 0.5) is 0 Å². The summed E-state index contributed by atoms with van der Waals surface area (Å²) in [6, 6.07) is 13.4. The first kappa shape index (κ1) is 15.2. The maximum absolute atomic E-state index is 13.0. The van der Waals surface area contributed by atoms with Crippen molar-refractivity contribution in [2.75, 3.05) is 0 Å². The number of hydrogen-bond acceptors (Lipinski definition) is 2. The minimum atomic E-state index is -0.599. The summed E-state index contributed by atoms with van der Waals surface area (Å²) in [4.78, 5) is 26.5. The largest absolute Gasteiger partial charge is 0.304 e. The third kappa shape index (κ3) is 2.05. The van der Waals surface area contributed by atoms with Gasteiger partial charge in [0.25, 0.3) is 11.1 Å². The van der Waals surface area contributed by atoms with Gasteiger partial charge in [-0.3, -0.25) is 9.59 Å². The fourth-order valence-corrected chi connectivity index (χ4v) is 3.90. The molecule has 0 spiro atoms. The SMILES string of the molecule is CC1(C)C=C2c3cccc(C(=O)Cl)c3C(=O)N2Cc2ccccc21. The average Bonchev–Trinajstić information content (AvgIpc) is 2.73. The van der Waals surface area contributed by atoms with Crippen molar-refractivity contribution in [3.8, 4) is 0 Å². The summed E-state index contributed by atoms with van der Waals surface area (Å²) in [6.45, 7) is 4.78. The normalized spacial score (nSPS) is 17.5. The molecule has 0 fully saturated rings. The highest BCUT2D eigenvalue weighted by atomic mass is 35.5. The minimum absolute atomic E-state index is 0.159. The van der Waals surface area contributed by atoms with E-state index >= 15 is 0 Å². The number of nitrogens with zero attached hydrogens (tertiary/aromatic N) is 1. The first-order valence-electron chi connectivity index (χ1n) is 7.86. The van der Waals surface area contributed by atoms with Gasteiger partial charge < -0.3 is 4.90 Å². The van der Waals surface area contributed by atoms with Crippen molar-refractivity contribution in [3.63, 3.8) is 0 Å². The Morgan fingerprint density at radius 2 is 1.88 bits per heavy atom.